The molecule has 0 saturated carbocycles. The summed E-state index contributed by atoms with van der Waals surface area (Å²) in [5.41, 5.74) is -0.285. The van der Waals surface area contributed by atoms with Gasteiger partial charge in [0.15, 0.2) is 0 Å². The fraction of sp³-hybridized carbons (Fsp3) is 0.889. The molecule has 2 aliphatic heterocycles. The molecule has 2 rings (SSSR count). The molecule has 0 spiro atoms. The second-order valence-electron chi connectivity index (χ2n) is 3.81. The molecular formula is C9H18Cl2N2O2. The van der Waals surface area contributed by atoms with E-state index in [1.165, 1.54) is 0 Å². The average Bonchev–Trinajstić information content (AvgIpc) is 2.61. The summed E-state index contributed by atoms with van der Waals surface area (Å²) >= 11 is 0. The van der Waals surface area contributed by atoms with Gasteiger partial charge in [0.05, 0.1) is 11.5 Å². The predicted octanol–water partition coefficient (Wildman–Crippen LogP) is 0.345. The van der Waals surface area contributed by atoms with Crippen LogP contribution in [0, 0.1) is 5.41 Å². The third-order valence-corrected chi connectivity index (χ3v) is 3.19. The molecule has 2 aliphatic rings. The summed E-state index contributed by atoms with van der Waals surface area (Å²) in [6, 6.07) is 0. The van der Waals surface area contributed by atoms with Gasteiger partial charge >= 0.3 is 0 Å². The van der Waals surface area contributed by atoms with Crippen molar-refractivity contribution in [2.24, 2.45) is 5.41 Å². The molecule has 6 heteroatoms. The third-order valence-electron chi connectivity index (χ3n) is 3.19. The van der Waals surface area contributed by atoms with Crippen LogP contribution in [0.25, 0.3) is 0 Å². The Kier molecular flexibility index (Phi) is 5.88. The molecule has 2 saturated heterocycles. The molecule has 2 heterocycles. The monoisotopic (exact) mass is 256 g/mol. The zero-order valence-electron chi connectivity index (χ0n) is 8.75. The van der Waals surface area contributed by atoms with Crippen LogP contribution >= 0.6 is 24.8 Å². The van der Waals surface area contributed by atoms with Gasteiger partial charge in [-0.25, -0.2) is 0 Å². The predicted molar refractivity (Wildman–Crippen MR) is 62.8 cm³/mol. The molecule has 2 atom stereocenters. The topological polar surface area (TPSA) is 50.4 Å². The van der Waals surface area contributed by atoms with Crippen LogP contribution in [0.5, 0.6) is 0 Å². The molecule has 0 aliphatic carbocycles. The highest BCUT2D eigenvalue weighted by atomic mass is 35.5. The summed E-state index contributed by atoms with van der Waals surface area (Å²) in [5, 5.41) is 6.01. The molecule has 4 nitrogen and oxygen atoms in total. The van der Waals surface area contributed by atoms with E-state index in [0.717, 1.165) is 32.5 Å². The van der Waals surface area contributed by atoms with E-state index in [1.807, 2.05) is 0 Å². The van der Waals surface area contributed by atoms with Crippen molar-refractivity contribution in [3.63, 3.8) is 0 Å². The number of amides is 1. The number of fused-ring (bicyclic) bond motifs is 1. The number of carbonyl (C=O) groups is 1. The van der Waals surface area contributed by atoms with E-state index >= 15 is 0 Å². The second-order valence-corrected chi connectivity index (χ2v) is 3.81. The maximum atomic E-state index is 11.7. The number of piperidine rings is 1. The van der Waals surface area contributed by atoms with E-state index in [1.54, 1.807) is 7.05 Å². The molecule has 0 aromatic carbocycles. The molecule has 1 amide bonds. The van der Waals surface area contributed by atoms with Gasteiger partial charge in [-0.3, -0.25) is 4.79 Å². The highest BCUT2D eigenvalue weighted by Crippen LogP contribution is 2.38. The molecule has 0 aromatic heterocycles. The molecule has 2 N–H and O–H groups in total. The fourth-order valence-electron chi connectivity index (χ4n) is 2.40. The zero-order valence-corrected chi connectivity index (χ0v) is 10.4. The Hall–Kier alpha value is -0.0300. The van der Waals surface area contributed by atoms with Crippen LogP contribution in [0.4, 0.5) is 0 Å². The summed E-state index contributed by atoms with van der Waals surface area (Å²) in [6.07, 6.45) is 1.94. The van der Waals surface area contributed by atoms with Gasteiger partial charge in [-0.05, 0) is 19.4 Å². The van der Waals surface area contributed by atoms with E-state index in [0.29, 0.717) is 0 Å². The van der Waals surface area contributed by atoms with Crippen molar-refractivity contribution in [1.29, 1.82) is 0 Å². The maximum absolute atomic E-state index is 11.7. The third kappa shape index (κ3) is 2.38. The van der Waals surface area contributed by atoms with Crippen molar-refractivity contribution in [2.45, 2.75) is 18.9 Å². The van der Waals surface area contributed by atoms with Crippen molar-refractivity contribution >= 4 is 30.7 Å². The summed E-state index contributed by atoms with van der Waals surface area (Å²) < 4.78 is 5.58. The minimum Gasteiger partial charge on any atom is -0.377 e. The minimum absolute atomic E-state index is 0. The molecule has 0 radical (unpaired) electrons. The maximum Gasteiger partial charge on any atom is 0.229 e. The normalized spacial score (nSPS) is 33.3. The number of carbonyl (C=O) groups excluding carboxylic acids is 1. The largest absolute Gasteiger partial charge is 0.377 e. The Balaban J connectivity index is 0.000000980. The average molecular weight is 257 g/mol. The van der Waals surface area contributed by atoms with Gasteiger partial charge in [0, 0.05) is 20.2 Å². The summed E-state index contributed by atoms with van der Waals surface area (Å²) in [6.45, 7) is 2.44. The van der Waals surface area contributed by atoms with Gasteiger partial charge in [0.1, 0.15) is 0 Å². The van der Waals surface area contributed by atoms with Gasteiger partial charge in [-0.2, -0.15) is 0 Å². The first-order valence-electron chi connectivity index (χ1n) is 4.84. The summed E-state index contributed by atoms with van der Waals surface area (Å²) in [5.74, 6) is 0.127. The van der Waals surface area contributed by atoms with Crippen molar-refractivity contribution in [3.8, 4) is 0 Å². The number of hydrogen-bond donors (Lipinski definition) is 2. The molecular weight excluding hydrogens is 239 g/mol. The van der Waals surface area contributed by atoms with Crippen LogP contribution in [0.3, 0.4) is 0 Å². The van der Waals surface area contributed by atoms with E-state index in [-0.39, 0.29) is 42.2 Å². The van der Waals surface area contributed by atoms with Crippen LogP contribution in [0.2, 0.25) is 0 Å². The van der Waals surface area contributed by atoms with Crippen LogP contribution < -0.4 is 10.6 Å². The summed E-state index contributed by atoms with van der Waals surface area (Å²) in [4.78, 5) is 11.7. The molecule has 90 valence electrons. The molecule has 0 aromatic rings. The van der Waals surface area contributed by atoms with Crippen molar-refractivity contribution < 1.29 is 9.53 Å². The van der Waals surface area contributed by atoms with Gasteiger partial charge < -0.3 is 15.4 Å². The van der Waals surface area contributed by atoms with E-state index in [2.05, 4.69) is 10.6 Å². The first-order valence-corrected chi connectivity index (χ1v) is 4.84. The van der Waals surface area contributed by atoms with Crippen LogP contribution in [-0.4, -0.2) is 38.8 Å². The lowest BCUT2D eigenvalue weighted by Crippen LogP contribution is -2.55. The number of rotatable bonds is 1. The highest BCUT2D eigenvalue weighted by Gasteiger charge is 2.50. The smallest absolute Gasteiger partial charge is 0.229 e. The highest BCUT2D eigenvalue weighted by molar-refractivity contribution is 5.85. The van der Waals surface area contributed by atoms with Crippen molar-refractivity contribution in [3.05, 3.63) is 0 Å². The lowest BCUT2D eigenvalue weighted by atomic mass is 9.76. The first-order chi connectivity index (χ1) is 6.29. The lowest BCUT2D eigenvalue weighted by molar-refractivity contribution is -0.135. The number of ether oxygens (including phenoxy) is 1. The Labute approximate surface area is 102 Å². The Bertz CT molecular complexity index is 228. The van der Waals surface area contributed by atoms with E-state index in [9.17, 15) is 4.79 Å². The van der Waals surface area contributed by atoms with Crippen LogP contribution in [0.15, 0.2) is 0 Å². The van der Waals surface area contributed by atoms with Crippen molar-refractivity contribution in [1.82, 2.24) is 10.6 Å². The Morgan fingerprint density at radius 2 is 2.27 bits per heavy atom. The number of nitrogens with one attached hydrogen (secondary N) is 2. The lowest BCUT2D eigenvalue weighted by Gasteiger charge is -2.36. The fourth-order valence-corrected chi connectivity index (χ4v) is 2.40. The molecule has 15 heavy (non-hydrogen) atoms. The summed E-state index contributed by atoms with van der Waals surface area (Å²) in [7, 11) is 1.70. The standard InChI is InChI=1S/C9H16N2O2.2ClH/c1-10-8(12)9-3-5-13-7(9)2-4-11-6-9;;/h7,11H,2-6H2,1H3,(H,10,12);2*1H/t7-,9-;;/m1../s1. The molecule has 0 bridgehead atoms. The quantitative estimate of drug-likeness (QED) is 0.712. The number of hydrogen-bond acceptors (Lipinski definition) is 3. The van der Waals surface area contributed by atoms with Crippen molar-refractivity contribution in [2.75, 3.05) is 26.7 Å². The first kappa shape index (κ1) is 15.0. The minimum atomic E-state index is -0.285. The SMILES string of the molecule is CNC(=O)[C@@]12CCO[C@@H]1CCNC2.Cl.Cl. The van der Waals surface area contributed by atoms with Gasteiger partial charge in [-0.15, -0.1) is 24.8 Å². The molecule has 2 fully saturated rings. The molecule has 0 unspecified atom stereocenters. The van der Waals surface area contributed by atoms with Crippen LogP contribution in [0.1, 0.15) is 12.8 Å². The van der Waals surface area contributed by atoms with Gasteiger partial charge in [0.2, 0.25) is 5.91 Å². The van der Waals surface area contributed by atoms with Crippen LogP contribution in [-0.2, 0) is 9.53 Å². The van der Waals surface area contributed by atoms with E-state index in [4.69, 9.17) is 4.74 Å². The second kappa shape index (κ2) is 5.89. The zero-order chi connectivity index (χ0) is 9.31. The van der Waals surface area contributed by atoms with E-state index < -0.39 is 0 Å². The van der Waals surface area contributed by atoms with Gasteiger partial charge in [-0.1, -0.05) is 0 Å². The Morgan fingerprint density at radius 1 is 1.53 bits per heavy atom. The Morgan fingerprint density at radius 3 is 2.93 bits per heavy atom. The van der Waals surface area contributed by atoms with Gasteiger partial charge in [0.25, 0.3) is 0 Å². The number of halogens is 2.